The second-order valence-corrected chi connectivity index (χ2v) is 6.57. The second kappa shape index (κ2) is 7.67. The van der Waals surface area contributed by atoms with Gasteiger partial charge >= 0.3 is 12.2 Å². The van der Waals surface area contributed by atoms with Gasteiger partial charge in [-0.15, -0.1) is 0 Å². The van der Waals surface area contributed by atoms with Gasteiger partial charge in [0.2, 0.25) is 5.91 Å². The van der Waals surface area contributed by atoms with Crippen LogP contribution in [0.4, 0.5) is 22.4 Å². The molecule has 0 bridgehead atoms. The Balaban J connectivity index is 1.98. The number of rotatable bonds is 4. The van der Waals surface area contributed by atoms with E-state index in [0.717, 1.165) is 6.07 Å². The molecule has 0 spiro atoms. The van der Waals surface area contributed by atoms with Crippen molar-refractivity contribution in [3.63, 3.8) is 0 Å². The van der Waals surface area contributed by atoms with Crippen LogP contribution in [0.5, 0.6) is 0 Å². The van der Waals surface area contributed by atoms with Crippen LogP contribution >= 0.6 is 11.6 Å². The molecule has 0 saturated carbocycles. The molecule has 3 rings (SSSR count). The molecule has 5 nitrogen and oxygen atoms in total. The molecule has 1 saturated heterocycles. The Bertz CT molecular complexity index is 903. The highest BCUT2D eigenvalue weighted by atomic mass is 35.5. The van der Waals surface area contributed by atoms with Crippen LogP contribution in [0.25, 0.3) is 0 Å². The Labute approximate surface area is 162 Å². The molecular formula is C18H14ClF4N3O2. The summed E-state index contributed by atoms with van der Waals surface area (Å²) in [7, 11) is 0. The Morgan fingerprint density at radius 2 is 1.79 bits per heavy atom. The smallest absolute Gasteiger partial charge is 0.343 e. The van der Waals surface area contributed by atoms with Crippen LogP contribution in [-0.4, -0.2) is 24.5 Å². The summed E-state index contributed by atoms with van der Waals surface area (Å²) in [6.07, 6.45) is -4.89. The van der Waals surface area contributed by atoms with Gasteiger partial charge in [-0.3, -0.25) is 4.79 Å². The van der Waals surface area contributed by atoms with Crippen LogP contribution in [0.15, 0.2) is 42.5 Å². The number of alkyl halides is 3. The molecule has 2 aromatic carbocycles. The third-order valence-corrected chi connectivity index (χ3v) is 4.46. The number of urea groups is 1. The zero-order valence-electron chi connectivity index (χ0n) is 14.1. The SMILES string of the molecule is O=C1NC[C@H](C(=O)N[C@@H](c2ccc(Cl)cc2)c2ccc(F)c(C(F)(F)F)c2)N1. The van der Waals surface area contributed by atoms with Gasteiger partial charge < -0.3 is 16.0 Å². The van der Waals surface area contributed by atoms with E-state index in [2.05, 4.69) is 16.0 Å². The number of nitrogens with one attached hydrogen (secondary N) is 3. The fourth-order valence-electron chi connectivity index (χ4n) is 2.81. The van der Waals surface area contributed by atoms with Gasteiger partial charge in [-0.1, -0.05) is 29.8 Å². The van der Waals surface area contributed by atoms with Crippen molar-refractivity contribution < 1.29 is 27.2 Å². The summed E-state index contributed by atoms with van der Waals surface area (Å²) in [4.78, 5) is 23.7. The molecule has 28 heavy (non-hydrogen) atoms. The van der Waals surface area contributed by atoms with Crippen molar-refractivity contribution >= 4 is 23.5 Å². The molecule has 3 N–H and O–H groups in total. The van der Waals surface area contributed by atoms with Crippen molar-refractivity contribution in [1.29, 1.82) is 0 Å². The summed E-state index contributed by atoms with van der Waals surface area (Å²) in [6, 6.07) is 6.21. The van der Waals surface area contributed by atoms with Crippen molar-refractivity contribution in [1.82, 2.24) is 16.0 Å². The summed E-state index contributed by atoms with van der Waals surface area (Å²) in [5.74, 6) is -2.01. The van der Waals surface area contributed by atoms with E-state index in [1.54, 1.807) is 0 Å². The van der Waals surface area contributed by atoms with Gasteiger partial charge in [0.1, 0.15) is 11.9 Å². The maximum Gasteiger partial charge on any atom is 0.419 e. The second-order valence-electron chi connectivity index (χ2n) is 6.14. The first-order valence-electron chi connectivity index (χ1n) is 8.12. The normalized spacial score (nSPS) is 17.6. The van der Waals surface area contributed by atoms with Gasteiger partial charge in [0.05, 0.1) is 11.6 Å². The first kappa shape index (κ1) is 19.9. The molecule has 10 heteroatoms. The van der Waals surface area contributed by atoms with E-state index in [4.69, 9.17) is 11.6 Å². The van der Waals surface area contributed by atoms with Gasteiger partial charge in [-0.25, -0.2) is 9.18 Å². The van der Waals surface area contributed by atoms with Crippen LogP contribution < -0.4 is 16.0 Å². The number of hydrogen-bond acceptors (Lipinski definition) is 2. The summed E-state index contributed by atoms with van der Waals surface area (Å²) < 4.78 is 52.9. The quantitative estimate of drug-likeness (QED) is 0.670. The molecule has 148 valence electrons. The van der Waals surface area contributed by atoms with Crippen molar-refractivity contribution in [3.8, 4) is 0 Å². The third-order valence-electron chi connectivity index (χ3n) is 4.21. The number of halogens is 5. The lowest BCUT2D eigenvalue weighted by atomic mass is 9.96. The van der Waals surface area contributed by atoms with Gasteiger partial charge in [-0.2, -0.15) is 13.2 Å². The first-order chi connectivity index (χ1) is 13.1. The van der Waals surface area contributed by atoms with Crippen LogP contribution in [0.3, 0.4) is 0 Å². The summed E-state index contributed by atoms with van der Waals surface area (Å²) >= 11 is 5.85. The maximum absolute atomic E-state index is 13.7. The standard InChI is InChI=1S/C18H14ClF4N3O2/c19-11-4-1-9(2-5-11)15(26-16(27)14-8-24-17(28)25-14)10-3-6-13(20)12(7-10)18(21,22)23/h1-7,14-15H,8H2,(H,26,27)(H2,24,25,28)/t14-,15+/m1/s1. The number of carbonyl (C=O) groups excluding carboxylic acids is 2. The Kier molecular flexibility index (Phi) is 5.46. The highest BCUT2D eigenvalue weighted by molar-refractivity contribution is 6.30. The van der Waals surface area contributed by atoms with E-state index in [9.17, 15) is 27.2 Å². The number of hydrogen-bond donors (Lipinski definition) is 3. The topological polar surface area (TPSA) is 70.2 Å². The Hall–Kier alpha value is -2.81. The lowest BCUT2D eigenvalue weighted by Crippen LogP contribution is -2.44. The van der Waals surface area contributed by atoms with Crippen molar-refractivity contribution in [2.75, 3.05) is 6.54 Å². The molecule has 2 atom stereocenters. The molecule has 1 aliphatic heterocycles. The number of amides is 3. The van der Waals surface area contributed by atoms with Crippen LogP contribution in [0.2, 0.25) is 5.02 Å². The summed E-state index contributed by atoms with van der Waals surface area (Å²) in [5, 5.41) is 7.82. The fourth-order valence-corrected chi connectivity index (χ4v) is 2.94. The molecule has 1 aliphatic rings. The number of benzene rings is 2. The first-order valence-corrected chi connectivity index (χ1v) is 8.50. The van der Waals surface area contributed by atoms with Crippen molar-refractivity contribution in [3.05, 3.63) is 70.0 Å². The minimum atomic E-state index is -4.89. The molecule has 0 aliphatic carbocycles. The Morgan fingerprint density at radius 1 is 1.14 bits per heavy atom. The third kappa shape index (κ3) is 4.36. The monoisotopic (exact) mass is 415 g/mol. The zero-order valence-corrected chi connectivity index (χ0v) is 14.9. The molecule has 0 radical (unpaired) electrons. The number of carbonyl (C=O) groups is 2. The summed E-state index contributed by atoms with van der Waals surface area (Å²) in [6.45, 7) is 0.0369. The maximum atomic E-state index is 13.7. The fraction of sp³-hybridized carbons (Fsp3) is 0.222. The van der Waals surface area contributed by atoms with Crippen molar-refractivity contribution in [2.45, 2.75) is 18.3 Å². The highest BCUT2D eigenvalue weighted by Crippen LogP contribution is 2.34. The van der Waals surface area contributed by atoms with E-state index in [-0.39, 0.29) is 12.1 Å². The predicted octanol–water partition coefficient (Wildman–Crippen LogP) is 3.38. The average molecular weight is 416 g/mol. The minimum Gasteiger partial charge on any atom is -0.343 e. The predicted molar refractivity (Wildman–Crippen MR) is 93.2 cm³/mol. The van der Waals surface area contributed by atoms with Crippen LogP contribution in [-0.2, 0) is 11.0 Å². The van der Waals surface area contributed by atoms with Gasteiger partial charge in [0, 0.05) is 11.6 Å². The largest absolute Gasteiger partial charge is 0.419 e. The lowest BCUT2D eigenvalue weighted by Gasteiger charge is -2.23. The zero-order chi connectivity index (χ0) is 20.5. The average Bonchev–Trinajstić information content (AvgIpc) is 3.07. The van der Waals surface area contributed by atoms with Crippen LogP contribution in [0, 0.1) is 5.82 Å². The van der Waals surface area contributed by atoms with Gasteiger partial charge in [0.25, 0.3) is 0 Å². The van der Waals surface area contributed by atoms with E-state index in [1.165, 1.54) is 24.3 Å². The van der Waals surface area contributed by atoms with Crippen LogP contribution in [0.1, 0.15) is 22.7 Å². The van der Waals surface area contributed by atoms with E-state index >= 15 is 0 Å². The van der Waals surface area contributed by atoms with Crippen molar-refractivity contribution in [2.24, 2.45) is 0 Å². The van der Waals surface area contributed by atoms with E-state index in [1.807, 2.05) is 0 Å². The Morgan fingerprint density at radius 3 is 2.36 bits per heavy atom. The summed E-state index contributed by atoms with van der Waals surface area (Å²) in [5.41, 5.74) is -0.967. The molecule has 2 aromatic rings. The molecule has 3 amide bonds. The van der Waals surface area contributed by atoms with E-state index in [0.29, 0.717) is 22.7 Å². The minimum absolute atomic E-state index is 0.0293. The van der Waals surface area contributed by atoms with E-state index < -0.39 is 41.6 Å². The molecular weight excluding hydrogens is 402 g/mol. The molecule has 1 fully saturated rings. The molecule has 0 unspecified atom stereocenters. The van der Waals surface area contributed by atoms with Gasteiger partial charge in [-0.05, 0) is 35.4 Å². The molecule has 1 heterocycles. The van der Waals surface area contributed by atoms with Gasteiger partial charge in [0.15, 0.2) is 0 Å². The highest BCUT2D eigenvalue weighted by Gasteiger charge is 2.35. The molecule has 0 aromatic heterocycles. The lowest BCUT2D eigenvalue weighted by molar-refractivity contribution is -0.140.